The predicted octanol–water partition coefficient (Wildman–Crippen LogP) is 1.83. The van der Waals surface area contributed by atoms with Crippen molar-refractivity contribution in [2.75, 3.05) is 27.7 Å². The van der Waals surface area contributed by atoms with Gasteiger partial charge in [-0.25, -0.2) is 0 Å². The van der Waals surface area contributed by atoms with E-state index >= 15 is 0 Å². The fraction of sp³-hybridized carbons (Fsp3) is 0.500. The van der Waals surface area contributed by atoms with Gasteiger partial charge in [0.2, 0.25) is 0 Å². The standard InChI is InChI=1S/C12H18NO/c1-13(2)8-7-10-5-4-6-12(14-3)11(10)9-13/h4-6H,7-9H2,1-3H3/q+1. The number of rotatable bonds is 1. The third-order valence-electron chi connectivity index (χ3n) is 3.02. The second-order valence-electron chi connectivity index (χ2n) is 4.67. The summed E-state index contributed by atoms with van der Waals surface area (Å²) in [6.07, 6.45) is 1.17. The van der Waals surface area contributed by atoms with Crippen LogP contribution in [0.3, 0.4) is 0 Å². The van der Waals surface area contributed by atoms with Crippen LogP contribution in [-0.4, -0.2) is 32.2 Å². The molecule has 76 valence electrons. The van der Waals surface area contributed by atoms with E-state index < -0.39 is 0 Å². The highest BCUT2D eigenvalue weighted by Crippen LogP contribution is 2.29. The molecule has 2 nitrogen and oxygen atoms in total. The van der Waals surface area contributed by atoms with Crippen molar-refractivity contribution >= 4 is 0 Å². The van der Waals surface area contributed by atoms with Crippen molar-refractivity contribution in [2.24, 2.45) is 0 Å². The van der Waals surface area contributed by atoms with E-state index in [0.29, 0.717) is 0 Å². The Bertz CT molecular complexity index is 330. The van der Waals surface area contributed by atoms with Crippen molar-refractivity contribution in [1.29, 1.82) is 0 Å². The SMILES string of the molecule is COc1cccc2c1C[N+](C)(C)CC2. The Hall–Kier alpha value is -1.02. The zero-order chi connectivity index (χ0) is 10.2. The molecule has 1 aliphatic rings. The Morgan fingerprint density at radius 1 is 1.29 bits per heavy atom. The third-order valence-corrected chi connectivity index (χ3v) is 3.02. The topological polar surface area (TPSA) is 9.23 Å². The summed E-state index contributed by atoms with van der Waals surface area (Å²) in [6.45, 7) is 2.31. The number of ether oxygens (including phenoxy) is 1. The van der Waals surface area contributed by atoms with Gasteiger partial charge >= 0.3 is 0 Å². The van der Waals surface area contributed by atoms with E-state index in [0.717, 1.165) is 16.8 Å². The number of quaternary nitrogens is 1. The normalized spacial score (nSPS) is 18.8. The average Bonchev–Trinajstić information content (AvgIpc) is 2.15. The van der Waals surface area contributed by atoms with Crippen molar-refractivity contribution in [3.05, 3.63) is 29.3 Å². The second-order valence-corrected chi connectivity index (χ2v) is 4.67. The van der Waals surface area contributed by atoms with Gasteiger partial charge in [0.1, 0.15) is 12.3 Å². The number of fused-ring (bicyclic) bond motifs is 1. The maximum Gasteiger partial charge on any atom is 0.127 e. The number of hydrogen-bond donors (Lipinski definition) is 0. The molecule has 0 amide bonds. The Balaban J connectivity index is 2.43. The fourth-order valence-corrected chi connectivity index (χ4v) is 2.15. The van der Waals surface area contributed by atoms with Gasteiger partial charge in [0.05, 0.1) is 33.3 Å². The van der Waals surface area contributed by atoms with Crippen LogP contribution < -0.4 is 4.74 Å². The molecule has 0 aromatic heterocycles. The molecule has 1 aliphatic heterocycles. The van der Waals surface area contributed by atoms with E-state index in [2.05, 4.69) is 32.3 Å². The lowest BCUT2D eigenvalue weighted by atomic mass is 9.98. The molecule has 0 fully saturated rings. The highest BCUT2D eigenvalue weighted by atomic mass is 16.5. The molecule has 0 radical (unpaired) electrons. The Labute approximate surface area is 85.7 Å². The molecular weight excluding hydrogens is 174 g/mol. The van der Waals surface area contributed by atoms with E-state index in [1.54, 1.807) is 7.11 Å². The number of hydrogen-bond acceptors (Lipinski definition) is 1. The fourth-order valence-electron chi connectivity index (χ4n) is 2.15. The minimum atomic E-state index is 1.05. The first-order valence-corrected chi connectivity index (χ1v) is 5.09. The van der Waals surface area contributed by atoms with Gasteiger partial charge in [-0.3, -0.25) is 0 Å². The summed E-state index contributed by atoms with van der Waals surface area (Å²) in [5, 5.41) is 0. The minimum Gasteiger partial charge on any atom is -0.496 e. The first-order valence-electron chi connectivity index (χ1n) is 5.09. The van der Waals surface area contributed by atoms with Crippen molar-refractivity contribution in [3.8, 4) is 5.75 Å². The number of methoxy groups -OCH3 is 1. The minimum absolute atomic E-state index is 1.05. The summed E-state index contributed by atoms with van der Waals surface area (Å²) in [4.78, 5) is 0. The summed E-state index contributed by atoms with van der Waals surface area (Å²) in [7, 11) is 6.30. The van der Waals surface area contributed by atoms with Gasteiger partial charge < -0.3 is 9.22 Å². The van der Waals surface area contributed by atoms with E-state index in [1.165, 1.54) is 24.1 Å². The average molecular weight is 192 g/mol. The van der Waals surface area contributed by atoms with Gasteiger partial charge in [0.25, 0.3) is 0 Å². The largest absolute Gasteiger partial charge is 0.496 e. The van der Waals surface area contributed by atoms with Crippen molar-refractivity contribution in [1.82, 2.24) is 0 Å². The molecule has 0 aliphatic carbocycles. The first kappa shape index (κ1) is 9.53. The molecule has 0 N–H and O–H groups in total. The quantitative estimate of drug-likeness (QED) is 0.617. The van der Waals surface area contributed by atoms with Crippen LogP contribution in [0.5, 0.6) is 5.75 Å². The number of nitrogens with zero attached hydrogens (tertiary/aromatic N) is 1. The van der Waals surface area contributed by atoms with Crippen LogP contribution in [0.4, 0.5) is 0 Å². The van der Waals surface area contributed by atoms with E-state index in [4.69, 9.17) is 4.74 Å². The van der Waals surface area contributed by atoms with Gasteiger partial charge in [0.15, 0.2) is 0 Å². The number of likely N-dealkylation sites (N-methyl/N-ethyl adjacent to an activating group) is 1. The Morgan fingerprint density at radius 2 is 2.07 bits per heavy atom. The zero-order valence-electron chi connectivity index (χ0n) is 9.21. The molecule has 2 rings (SSSR count). The van der Waals surface area contributed by atoms with Crippen molar-refractivity contribution < 1.29 is 9.22 Å². The predicted molar refractivity (Wildman–Crippen MR) is 57.4 cm³/mol. The molecule has 1 aromatic carbocycles. The molecular formula is C12H18NO+. The van der Waals surface area contributed by atoms with E-state index in [9.17, 15) is 0 Å². The van der Waals surface area contributed by atoms with Gasteiger partial charge in [-0.05, 0) is 11.6 Å². The van der Waals surface area contributed by atoms with Gasteiger partial charge in [-0.2, -0.15) is 0 Å². The lowest BCUT2D eigenvalue weighted by Crippen LogP contribution is -2.43. The van der Waals surface area contributed by atoms with Gasteiger partial charge in [-0.15, -0.1) is 0 Å². The van der Waals surface area contributed by atoms with E-state index in [1.807, 2.05) is 0 Å². The highest BCUT2D eigenvalue weighted by molar-refractivity contribution is 5.40. The Kier molecular flexibility index (Phi) is 2.23. The van der Waals surface area contributed by atoms with Gasteiger partial charge in [-0.1, -0.05) is 12.1 Å². The lowest BCUT2D eigenvalue weighted by molar-refractivity contribution is -0.905. The monoisotopic (exact) mass is 192 g/mol. The molecule has 1 heterocycles. The molecule has 2 heteroatoms. The van der Waals surface area contributed by atoms with Crippen LogP contribution in [0.25, 0.3) is 0 Å². The van der Waals surface area contributed by atoms with Crippen LogP contribution >= 0.6 is 0 Å². The highest BCUT2D eigenvalue weighted by Gasteiger charge is 2.26. The molecule has 0 saturated carbocycles. The number of benzene rings is 1. The molecule has 14 heavy (non-hydrogen) atoms. The third kappa shape index (κ3) is 1.62. The maximum atomic E-state index is 5.40. The van der Waals surface area contributed by atoms with Gasteiger partial charge in [0, 0.05) is 6.42 Å². The zero-order valence-corrected chi connectivity index (χ0v) is 9.21. The summed E-state index contributed by atoms with van der Waals surface area (Å²) >= 11 is 0. The van der Waals surface area contributed by atoms with Crippen LogP contribution in [0.1, 0.15) is 11.1 Å². The maximum absolute atomic E-state index is 5.40. The summed E-state index contributed by atoms with van der Waals surface area (Å²) in [5.41, 5.74) is 2.85. The summed E-state index contributed by atoms with van der Waals surface area (Å²) in [6, 6.07) is 6.37. The molecule has 1 aromatic rings. The molecule has 0 atom stereocenters. The first-order chi connectivity index (χ1) is 6.62. The summed E-state index contributed by atoms with van der Waals surface area (Å²) < 4.78 is 6.46. The molecule has 0 unspecified atom stereocenters. The second kappa shape index (κ2) is 3.28. The van der Waals surface area contributed by atoms with Crippen LogP contribution in [-0.2, 0) is 13.0 Å². The van der Waals surface area contributed by atoms with E-state index in [-0.39, 0.29) is 0 Å². The van der Waals surface area contributed by atoms with Crippen molar-refractivity contribution in [2.45, 2.75) is 13.0 Å². The van der Waals surface area contributed by atoms with Crippen LogP contribution in [0.2, 0.25) is 0 Å². The summed E-state index contributed by atoms with van der Waals surface area (Å²) in [5.74, 6) is 1.05. The Morgan fingerprint density at radius 3 is 2.79 bits per heavy atom. The van der Waals surface area contributed by atoms with Crippen LogP contribution in [0.15, 0.2) is 18.2 Å². The van der Waals surface area contributed by atoms with Crippen molar-refractivity contribution in [3.63, 3.8) is 0 Å². The lowest BCUT2D eigenvalue weighted by Gasteiger charge is -2.35. The van der Waals surface area contributed by atoms with Crippen LogP contribution in [0, 0.1) is 0 Å². The smallest absolute Gasteiger partial charge is 0.127 e. The molecule has 0 saturated heterocycles. The molecule has 0 bridgehead atoms. The molecule has 0 spiro atoms.